The highest BCUT2D eigenvalue weighted by molar-refractivity contribution is 5.85. The van der Waals surface area contributed by atoms with Crippen LogP contribution in [0.2, 0.25) is 0 Å². The van der Waals surface area contributed by atoms with Crippen LogP contribution < -0.4 is 19.9 Å². The molecule has 0 radical (unpaired) electrons. The number of rotatable bonds is 5. The molecular weight excluding hydrogens is 242 g/mol. The Morgan fingerprint density at radius 1 is 1.24 bits per heavy atom. The van der Waals surface area contributed by atoms with Crippen LogP contribution in [-0.4, -0.2) is 27.3 Å². The molecule has 2 N–H and O–H groups in total. The van der Waals surface area contributed by atoms with Gasteiger partial charge >= 0.3 is 0 Å². The summed E-state index contributed by atoms with van der Waals surface area (Å²) in [6.45, 7) is 1.88. The van der Waals surface area contributed by atoms with Crippen molar-refractivity contribution in [2.75, 3.05) is 21.3 Å². The van der Waals surface area contributed by atoms with Gasteiger partial charge in [0.15, 0.2) is 11.5 Å². The van der Waals surface area contributed by atoms with Gasteiger partial charge in [0.25, 0.3) is 0 Å². The maximum absolute atomic E-state index is 7.16. The summed E-state index contributed by atoms with van der Waals surface area (Å²) in [6.07, 6.45) is 0.626. The van der Waals surface area contributed by atoms with E-state index in [-0.39, 0.29) is 24.2 Å². The maximum Gasteiger partial charge on any atom is 0.203 e. The summed E-state index contributed by atoms with van der Waals surface area (Å²) in [6, 6.07) is 3.38. The van der Waals surface area contributed by atoms with E-state index in [9.17, 15) is 0 Å². The molecule has 1 atom stereocenters. The second-order valence-corrected chi connectivity index (χ2v) is 3.61. The molecule has 0 heterocycles. The Bertz CT molecular complexity index is 413. The molecule has 0 bridgehead atoms. The Balaban J connectivity index is 0.00000361. The third-order valence-corrected chi connectivity index (χ3v) is 2.18. The zero-order chi connectivity index (χ0) is 14.6. The molecule has 5 heteroatoms. The van der Waals surface area contributed by atoms with Gasteiger partial charge in [-0.05, 0) is 31.0 Å². The van der Waals surface area contributed by atoms with Crippen molar-refractivity contribution in [3.63, 3.8) is 0 Å². The average molecular weight is 265 g/mol. The molecule has 1 aromatic carbocycles. The minimum Gasteiger partial charge on any atom is -0.493 e. The molecule has 1 unspecified atom stereocenters. The smallest absolute Gasteiger partial charge is 0.203 e. The molecule has 0 saturated carbocycles. The van der Waals surface area contributed by atoms with Crippen molar-refractivity contribution in [3.8, 4) is 17.2 Å². The van der Waals surface area contributed by atoms with Crippen LogP contribution in [0.3, 0.4) is 0 Å². The van der Waals surface area contributed by atoms with Gasteiger partial charge in [-0.25, -0.2) is 0 Å². The Hall–Kier alpha value is -1.13. The molecular formula is C12H20ClNO3. The van der Waals surface area contributed by atoms with Crippen molar-refractivity contribution in [2.24, 2.45) is 5.73 Å². The van der Waals surface area contributed by atoms with Crippen LogP contribution in [0.4, 0.5) is 0 Å². The molecule has 0 aliphatic heterocycles. The number of benzene rings is 1. The zero-order valence-electron chi connectivity index (χ0n) is 13.1. The SMILES string of the molecule is Cl.[2H]C([2H])([2H])Oc1c(OC)cc(CC(C)N)cc1OC. The minimum atomic E-state index is -2.57. The molecule has 0 aromatic heterocycles. The highest BCUT2D eigenvalue weighted by Gasteiger charge is 2.13. The number of methoxy groups -OCH3 is 3. The third kappa shape index (κ3) is 3.98. The fraction of sp³-hybridized carbons (Fsp3) is 0.500. The summed E-state index contributed by atoms with van der Waals surface area (Å²) in [7, 11) is 0.316. The lowest BCUT2D eigenvalue weighted by Crippen LogP contribution is -2.17. The highest BCUT2D eigenvalue weighted by Crippen LogP contribution is 2.38. The van der Waals surface area contributed by atoms with Crippen molar-refractivity contribution in [3.05, 3.63) is 17.7 Å². The predicted octanol–water partition coefficient (Wildman–Crippen LogP) is 2.02. The van der Waals surface area contributed by atoms with Gasteiger partial charge in [-0.1, -0.05) is 0 Å². The van der Waals surface area contributed by atoms with Crippen LogP contribution in [0.15, 0.2) is 12.1 Å². The van der Waals surface area contributed by atoms with Crippen LogP contribution in [-0.2, 0) is 6.42 Å². The van der Waals surface area contributed by atoms with Gasteiger partial charge in [-0.15, -0.1) is 12.4 Å². The molecule has 0 aliphatic rings. The van der Waals surface area contributed by atoms with Gasteiger partial charge in [0, 0.05) is 6.04 Å². The van der Waals surface area contributed by atoms with E-state index in [0.29, 0.717) is 17.9 Å². The first kappa shape index (κ1) is 11.0. The van der Waals surface area contributed by atoms with E-state index < -0.39 is 7.04 Å². The number of halogens is 1. The molecule has 0 amide bonds. The van der Waals surface area contributed by atoms with E-state index in [4.69, 9.17) is 24.1 Å². The normalized spacial score (nSPS) is 14.7. The molecule has 1 rings (SSSR count). The predicted molar refractivity (Wildman–Crippen MR) is 70.7 cm³/mol. The summed E-state index contributed by atoms with van der Waals surface area (Å²) in [4.78, 5) is 0. The molecule has 1 aromatic rings. The lowest BCUT2D eigenvalue weighted by Gasteiger charge is -2.14. The third-order valence-electron chi connectivity index (χ3n) is 2.18. The quantitative estimate of drug-likeness (QED) is 0.884. The first-order valence-corrected chi connectivity index (χ1v) is 4.96. The monoisotopic (exact) mass is 264 g/mol. The van der Waals surface area contributed by atoms with Gasteiger partial charge in [-0.3, -0.25) is 0 Å². The van der Waals surface area contributed by atoms with Crippen molar-refractivity contribution in [2.45, 2.75) is 19.4 Å². The van der Waals surface area contributed by atoms with Gasteiger partial charge in [0.05, 0.1) is 25.4 Å². The van der Waals surface area contributed by atoms with Gasteiger partial charge in [0.2, 0.25) is 5.75 Å². The minimum absolute atomic E-state index is 0. The Kier molecular flexibility index (Phi) is 4.68. The fourth-order valence-electron chi connectivity index (χ4n) is 1.52. The summed E-state index contributed by atoms with van der Waals surface area (Å²) < 4.78 is 36.7. The van der Waals surface area contributed by atoms with Crippen LogP contribution in [0.25, 0.3) is 0 Å². The standard InChI is InChI=1S/C12H19NO3.ClH/c1-8(13)5-9-6-10(14-2)12(16-4)11(7-9)15-3;/h6-8H,5,13H2,1-4H3;1H/i4D3;. The van der Waals surface area contributed by atoms with Crippen LogP contribution in [0.5, 0.6) is 17.2 Å². The maximum atomic E-state index is 7.16. The number of hydrogen-bond donors (Lipinski definition) is 1. The average Bonchev–Trinajstić information content (AvgIpc) is 2.28. The van der Waals surface area contributed by atoms with Gasteiger partial charge in [-0.2, -0.15) is 0 Å². The molecule has 17 heavy (non-hydrogen) atoms. The Morgan fingerprint density at radius 2 is 1.76 bits per heavy atom. The number of ether oxygens (including phenoxy) is 3. The number of nitrogens with two attached hydrogens (primary N) is 1. The van der Waals surface area contributed by atoms with E-state index in [0.717, 1.165) is 5.56 Å². The van der Waals surface area contributed by atoms with Crippen molar-refractivity contribution < 1.29 is 18.3 Å². The van der Waals surface area contributed by atoms with E-state index in [1.807, 2.05) is 6.92 Å². The van der Waals surface area contributed by atoms with Gasteiger partial charge < -0.3 is 19.9 Å². The summed E-state index contributed by atoms with van der Waals surface area (Å²) in [5.74, 6) is 0.690. The zero-order valence-corrected chi connectivity index (χ0v) is 11.0. The molecule has 0 spiro atoms. The van der Waals surface area contributed by atoms with Crippen molar-refractivity contribution >= 4 is 12.4 Å². The molecule has 0 saturated heterocycles. The molecule has 4 nitrogen and oxygen atoms in total. The van der Waals surface area contributed by atoms with Gasteiger partial charge in [0.1, 0.15) is 0 Å². The van der Waals surface area contributed by atoms with Crippen LogP contribution >= 0.6 is 12.4 Å². The van der Waals surface area contributed by atoms with E-state index in [2.05, 4.69) is 0 Å². The summed E-state index contributed by atoms with van der Waals surface area (Å²) in [5.41, 5.74) is 6.63. The summed E-state index contributed by atoms with van der Waals surface area (Å²) >= 11 is 0. The van der Waals surface area contributed by atoms with E-state index in [1.54, 1.807) is 12.1 Å². The second kappa shape index (κ2) is 7.25. The van der Waals surface area contributed by atoms with Crippen LogP contribution in [0.1, 0.15) is 16.6 Å². The Morgan fingerprint density at radius 3 is 2.12 bits per heavy atom. The molecule has 0 fully saturated rings. The first-order chi connectivity index (χ1) is 8.76. The second-order valence-electron chi connectivity index (χ2n) is 3.61. The van der Waals surface area contributed by atoms with E-state index >= 15 is 0 Å². The lowest BCUT2D eigenvalue weighted by atomic mass is 10.1. The first-order valence-electron chi connectivity index (χ1n) is 6.46. The van der Waals surface area contributed by atoms with Crippen molar-refractivity contribution in [1.82, 2.24) is 0 Å². The van der Waals surface area contributed by atoms with E-state index in [1.165, 1.54) is 14.2 Å². The Labute approximate surface area is 113 Å². The lowest BCUT2D eigenvalue weighted by molar-refractivity contribution is 0.323. The molecule has 0 aliphatic carbocycles. The largest absolute Gasteiger partial charge is 0.493 e. The van der Waals surface area contributed by atoms with Crippen LogP contribution in [0, 0.1) is 0 Å². The summed E-state index contributed by atoms with van der Waals surface area (Å²) in [5, 5.41) is 0. The van der Waals surface area contributed by atoms with Crippen molar-refractivity contribution in [1.29, 1.82) is 0 Å². The topological polar surface area (TPSA) is 53.7 Å². The highest BCUT2D eigenvalue weighted by atomic mass is 35.5. The number of hydrogen-bond acceptors (Lipinski definition) is 4. The molecule has 98 valence electrons. The fourth-order valence-corrected chi connectivity index (χ4v) is 1.52.